The first-order valence-corrected chi connectivity index (χ1v) is 13.6. The van der Waals surface area contributed by atoms with E-state index in [2.05, 4.69) is 21.3 Å². The molecule has 0 fully saturated rings. The van der Waals surface area contributed by atoms with Crippen LogP contribution in [0.25, 0.3) is 0 Å². The van der Waals surface area contributed by atoms with Gasteiger partial charge in [0.2, 0.25) is 11.8 Å². The van der Waals surface area contributed by atoms with Gasteiger partial charge in [-0.15, -0.1) is 0 Å². The molecular formula is C20H27I3N4O8. The first-order valence-electron chi connectivity index (χ1n) is 10.3. The number of carbonyl (C=O) groups is 4. The zero-order valence-electron chi connectivity index (χ0n) is 18.7. The number of carbonyl (C=O) groups excluding carboxylic acids is 4. The first-order chi connectivity index (χ1) is 16.4. The molecule has 35 heavy (non-hydrogen) atoms. The van der Waals surface area contributed by atoms with Crippen molar-refractivity contribution >= 4 is 97.1 Å². The van der Waals surface area contributed by atoms with Crippen molar-refractivity contribution in [1.82, 2.24) is 16.0 Å². The summed E-state index contributed by atoms with van der Waals surface area (Å²) < 4.78 is 0.983. The molecule has 0 aliphatic rings. The van der Waals surface area contributed by atoms with Crippen LogP contribution in [0.15, 0.2) is 0 Å². The van der Waals surface area contributed by atoms with Crippen LogP contribution in [0.2, 0.25) is 0 Å². The average molecular weight is 832 g/mol. The smallest absolute Gasteiger partial charge is 0.253 e. The van der Waals surface area contributed by atoms with Gasteiger partial charge < -0.3 is 41.7 Å². The van der Waals surface area contributed by atoms with E-state index in [1.807, 2.05) is 67.8 Å². The number of hydrogen-bond donors (Lipinski definition) is 8. The van der Waals surface area contributed by atoms with Gasteiger partial charge in [0.1, 0.15) is 0 Å². The largest absolute Gasteiger partial charge is 0.394 e. The monoisotopic (exact) mass is 832 g/mol. The summed E-state index contributed by atoms with van der Waals surface area (Å²) in [5, 5.41) is 47.5. The topological polar surface area (TPSA) is 197 Å². The third-order valence-corrected chi connectivity index (χ3v) is 7.64. The molecule has 2 unspecified atom stereocenters. The Labute approximate surface area is 242 Å². The molecule has 15 heteroatoms. The normalized spacial score (nSPS) is 12.5. The number of hydrogen-bond acceptors (Lipinski definition) is 8. The van der Waals surface area contributed by atoms with Crippen LogP contribution in [0.5, 0.6) is 0 Å². The molecule has 4 amide bonds. The number of aliphatic hydroxyl groups excluding tert-OH is 4. The van der Waals surface area contributed by atoms with E-state index >= 15 is 0 Å². The van der Waals surface area contributed by atoms with Gasteiger partial charge in [0.25, 0.3) is 11.8 Å². The highest BCUT2D eigenvalue weighted by atomic mass is 127. The molecule has 1 aromatic rings. The summed E-state index contributed by atoms with van der Waals surface area (Å²) in [7, 11) is 0. The third-order valence-electron chi connectivity index (χ3n) is 4.41. The Morgan fingerprint density at radius 3 is 1.66 bits per heavy atom. The first kappa shape index (κ1) is 32.2. The number of halogens is 3. The fourth-order valence-corrected chi connectivity index (χ4v) is 7.03. The molecule has 0 spiro atoms. The van der Waals surface area contributed by atoms with Crippen molar-refractivity contribution in [3.63, 3.8) is 0 Å². The maximum absolute atomic E-state index is 12.9. The van der Waals surface area contributed by atoms with Gasteiger partial charge in [0.15, 0.2) is 0 Å². The second-order valence-electron chi connectivity index (χ2n) is 7.29. The molecule has 1 aromatic carbocycles. The van der Waals surface area contributed by atoms with Crippen molar-refractivity contribution in [2.45, 2.75) is 32.0 Å². The van der Waals surface area contributed by atoms with Crippen molar-refractivity contribution in [3.8, 4) is 0 Å². The summed E-state index contributed by atoms with van der Waals surface area (Å²) in [6, 6.07) is 0. The van der Waals surface area contributed by atoms with E-state index in [1.54, 1.807) is 0 Å². The number of aliphatic hydroxyl groups is 4. The molecule has 0 bridgehead atoms. The maximum atomic E-state index is 12.9. The quantitative estimate of drug-likeness (QED) is 0.0965. The Hall–Kier alpha value is -0.870. The van der Waals surface area contributed by atoms with Crippen LogP contribution in [0.4, 0.5) is 5.69 Å². The Bertz CT molecular complexity index is 894. The molecule has 0 saturated heterocycles. The van der Waals surface area contributed by atoms with Crippen molar-refractivity contribution in [1.29, 1.82) is 0 Å². The maximum Gasteiger partial charge on any atom is 0.253 e. The molecule has 196 valence electrons. The van der Waals surface area contributed by atoms with Crippen LogP contribution in [0, 0.1) is 10.7 Å². The van der Waals surface area contributed by atoms with Gasteiger partial charge in [0.05, 0.1) is 49.4 Å². The van der Waals surface area contributed by atoms with E-state index in [0.29, 0.717) is 20.1 Å². The minimum absolute atomic E-state index is 0.0763. The van der Waals surface area contributed by atoms with Crippen LogP contribution < -0.4 is 21.3 Å². The van der Waals surface area contributed by atoms with Gasteiger partial charge in [0, 0.05) is 36.5 Å². The molecule has 0 aromatic heterocycles. The van der Waals surface area contributed by atoms with Crippen LogP contribution in [-0.2, 0) is 9.59 Å². The Balaban J connectivity index is 3.35. The van der Waals surface area contributed by atoms with Crippen molar-refractivity contribution in [2.24, 2.45) is 0 Å². The summed E-state index contributed by atoms with van der Waals surface area (Å²) in [4.78, 5) is 49.4. The van der Waals surface area contributed by atoms with Crippen molar-refractivity contribution in [3.05, 3.63) is 21.8 Å². The zero-order chi connectivity index (χ0) is 26.7. The third kappa shape index (κ3) is 10.2. The average Bonchev–Trinajstić information content (AvgIpc) is 2.81. The molecule has 12 nitrogen and oxygen atoms in total. The molecule has 0 aliphatic carbocycles. The second-order valence-corrected chi connectivity index (χ2v) is 10.5. The highest BCUT2D eigenvalue weighted by Crippen LogP contribution is 2.36. The summed E-state index contributed by atoms with van der Waals surface area (Å²) in [5.74, 6) is -1.87. The van der Waals surface area contributed by atoms with Gasteiger partial charge in [-0.3, -0.25) is 19.2 Å². The molecule has 0 aliphatic heterocycles. The summed E-state index contributed by atoms with van der Waals surface area (Å²) in [5.41, 5.74) is 0.396. The van der Waals surface area contributed by atoms with E-state index in [9.17, 15) is 29.4 Å². The predicted octanol–water partition coefficient (Wildman–Crippen LogP) is -0.479. The van der Waals surface area contributed by atoms with Gasteiger partial charge >= 0.3 is 0 Å². The summed E-state index contributed by atoms with van der Waals surface area (Å²) >= 11 is 5.59. The second kappa shape index (κ2) is 16.1. The van der Waals surface area contributed by atoms with Crippen LogP contribution >= 0.6 is 67.8 Å². The highest BCUT2D eigenvalue weighted by Gasteiger charge is 2.29. The van der Waals surface area contributed by atoms with Crippen LogP contribution in [-0.4, -0.2) is 89.1 Å². The van der Waals surface area contributed by atoms with E-state index in [0.717, 1.165) is 0 Å². The lowest BCUT2D eigenvalue weighted by Gasteiger charge is -2.20. The Kier molecular flexibility index (Phi) is 14.8. The number of nitrogens with one attached hydrogen (secondary N) is 4. The summed E-state index contributed by atoms with van der Waals surface area (Å²) in [6.45, 7) is 0.106. The van der Waals surface area contributed by atoms with E-state index in [1.165, 1.54) is 6.92 Å². The molecule has 0 saturated carbocycles. The lowest BCUT2D eigenvalue weighted by Crippen LogP contribution is -2.37. The van der Waals surface area contributed by atoms with Crippen molar-refractivity contribution in [2.75, 3.05) is 38.2 Å². The number of rotatable bonds is 13. The fourth-order valence-electron chi connectivity index (χ4n) is 2.61. The molecule has 2 atom stereocenters. The van der Waals surface area contributed by atoms with E-state index in [4.69, 9.17) is 10.2 Å². The van der Waals surface area contributed by atoms with E-state index < -0.39 is 43.1 Å². The summed E-state index contributed by atoms with van der Waals surface area (Å²) in [6.07, 6.45) is -1.90. The van der Waals surface area contributed by atoms with Gasteiger partial charge in [-0.1, -0.05) is 0 Å². The van der Waals surface area contributed by atoms with E-state index in [-0.39, 0.29) is 45.8 Å². The van der Waals surface area contributed by atoms with Crippen LogP contribution in [0.3, 0.4) is 0 Å². The van der Waals surface area contributed by atoms with Gasteiger partial charge in [-0.05, 0) is 74.2 Å². The number of anilines is 1. The molecule has 0 heterocycles. The minimum atomic E-state index is -1.18. The lowest BCUT2D eigenvalue weighted by atomic mass is 10.1. The van der Waals surface area contributed by atoms with Gasteiger partial charge in [-0.25, -0.2) is 0 Å². The zero-order valence-corrected chi connectivity index (χ0v) is 25.1. The number of benzene rings is 1. The Morgan fingerprint density at radius 1 is 0.800 bits per heavy atom. The minimum Gasteiger partial charge on any atom is -0.394 e. The standard InChI is InChI=1S/C20H27I3N4O8/c1-9(30)24-4-2-3-12(33)27-18-16(22)13(19(34)25-5-10(31)7-28)15(21)14(17(18)23)20(35)26-6-11(32)8-29/h10-11,28-29,31-32H,2-8H2,1H3,(H,24,30)(H,25,34)(H,26,35)(H,27,33). The molecule has 8 N–H and O–H groups in total. The molecule has 1 rings (SSSR count). The highest BCUT2D eigenvalue weighted by molar-refractivity contribution is 14.1. The number of amides is 4. The lowest BCUT2D eigenvalue weighted by molar-refractivity contribution is -0.119. The SMILES string of the molecule is CC(=O)NCCCC(=O)Nc1c(I)c(C(=O)NCC(O)CO)c(I)c(C(=O)NCC(O)CO)c1I. The molecular weight excluding hydrogens is 805 g/mol. The van der Waals surface area contributed by atoms with Crippen LogP contribution in [0.1, 0.15) is 40.5 Å². The molecule has 0 radical (unpaired) electrons. The Morgan fingerprint density at radius 2 is 1.26 bits per heavy atom. The fraction of sp³-hybridized carbons (Fsp3) is 0.500. The van der Waals surface area contributed by atoms with Crippen molar-refractivity contribution < 1.29 is 39.6 Å². The predicted molar refractivity (Wildman–Crippen MR) is 152 cm³/mol. The van der Waals surface area contributed by atoms with Gasteiger partial charge in [-0.2, -0.15) is 0 Å².